The molecular formula is C10H20N2O3S. The van der Waals surface area contributed by atoms with Gasteiger partial charge in [-0.15, -0.1) is 0 Å². The number of sulfone groups is 1. The molecule has 1 aliphatic heterocycles. The van der Waals surface area contributed by atoms with Crippen molar-refractivity contribution in [2.75, 3.05) is 37.7 Å². The third kappa shape index (κ3) is 4.49. The van der Waals surface area contributed by atoms with Gasteiger partial charge in [-0.25, -0.2) is 8.42 Å². The van der Waals surface area contributed by atoms with Crippen LogP contribution in [-0.4, -0.2) is 56.9 Å². The Kier molecular flexibility index (Phi) is 4.73. The van der Waals surface area contributed by atoms with Crippen molar-refractivity contribution in [1.29, 1.82) is 0 Å². The maximum Gasteiger partial charge on any atom is 0.222 e. The number of nitrogens with zero attached hydrogens (tertiary/aromatic N) is 1. The number of nitrogens with one attached hydrogen (secondary N) is 1. The van der Waals surface area contributed by atoms with Crippen LogP contribution in [0.1, 0.15) is 13.8 Å². The van der Waals surface area contributed by atoms with Crippen LogP contribution < -0.4 is 5.32 Å². The zero-order valence-corrected chi connectivity index (χ0v) is 10.7. The van der Waals surface area contributed by atoms with Crippen molar-refractivity contribution in [1.82, 2.24) is 10.2 Å². The average molecular weight is 248 g/mol. The normalized spacial score (nSPS) is 20.9. The van der Waals surface area contributed by atoms with Gasteiger partial charge in [-0.05, 0) is 0 Å². The first-order valence-corrected chi connectivity index (χ1v) is 7.43. The molecule has 0 aliphatic carbocycles. The highest BCUT2D eigenvalue weighted by Gasteiger charge is 2.21. The Morgan fingerprint density at radius 2 is 1.88 bits per heavy atom. The van der Waals surface area contributed by atoms with E-state index in [-0.39, 0.29) is 23.3 Å². The van der Waals surface area contributed by atoms with Crippen LogP contribution in [0, 0.1) is 5.92 Å². The van der Waals surface area contributed by atoms with Crippen LogP contribution in [0.25, 0.3) is 0 Å². The molecule has 16 heavy (non-hydrogen) atoms. The highest BCUT2D eigenvalue weighted by Crippen LogP contribution is 2.02. The molecule has 0 atom stereocenters. The van der Waals surface area contributed by atoms with E-state index >= 15 is 0 Å². The molecule has 5 nitrogen and oxygen atoms in total. The summed E-state index contributed by atoms with van der Waals surface area (Å²) in [6.07, 6.45) is 0. The SMILES string of the molecule is CC(C)C(=O)NCCN1CCS(=O)(=O)CC1. The van der Waals surface area contributed by atoms with Gasteiger partial charge in [0.25, 0.3) is 0 Å². The van der Waals surface area contributed by atoms with Crippen molar-refractivity contribution in [3.63, 3.8) is 0 Å². The van der Waals surface area contributed by atoms with Crippen LogP contribution in [0.2, 0.25) is 0 Å². The van der Waals surface area contributed by atoms with Crippen LogP contribution in [-0.2, 0) is 14.6 Å². The number of amides is 1. The smallest absolute Gasteiger partial charge is 0.222 e. The van der Waals surface area contributed by atoms with E-state index in [0.29, 0.717) is 19.6 Å². The molecule has 0 aromatic heterocycles. The van der Waals surface area contributed by atoms with Gasteiger partial charge >= 0.3 is 0 Å². The third-order valence-electron chi connectivity index (χ3n) is 2.69. The van der Waals surface area contributed by atoms with Crippen LogP contribution in [0.4, 0.5) is 0 Å². The van der Waals surface area contributed by atoms with Gasteiger partial charge < -0.3 is 5.32 Å². The van der Waals surface area contributed by atoms with E-state index in [1.54, 1.807) is 0 Å². The van der Waals surface area contributed by atoms with Crippen molar-refractivity contribution >= 4 is 15.7 Å². The van der Waals surface area contributed by atoms with Crippen molar-refractivity contribution < 1.29 is 13.2 Å². The van der Waals surface area contributed by atoms with Crippen LogP contribution in [0.3, 0.4) is 0 Å². The quantitative estimate of drug-likeness (QED) is 0.727. The molecular weight excluding hydrogens is 228 g/mol. The second-order valence-electron chi connectivity index (χ2n) is 4.44. The third-order valence-corrected chi connectivity index (χ3v) is 4.30. The molecule has 1 aliphatic rings. The van der Waals surface area contributed by atoms with E-state index < -0.39 is 9.84 Å². The molecule has 0 bridgehead atoms. The number of carbonyl (C=O) groups is 1. The van der Waals surface area contributed by atoms with Gasteiger partial charge in [0.15, 0.2) is 9.84 Å². The summed E-state index contributed by atoms with van der Waals surface area (Å²) in [5.74, 6) is 0.530. The predicted molar refractivity (Wildman–Crippen MR) is 62.9 cm³/mol. The summed E-state index contributed by atoms with van der Waals surface area (Å²) in [5, 5.41) is 2.82. The van der Waals surface area contributed by atoms with Crippen molar-refractivity contribution in [3.05, 3.63) is 0 Å². The Morgan fingerprint density at radius 3 is 2.38 bits per heavy atom. The molecule has 0 unspecified atom stereocenters. The maximum atomic E-state index is 11.3. The molecule has 94 valence electrons. The van der Waals surface area contributed by atoms with Crippen LogP contribution in [0.5, 0.6) is 0 Å². The first-order chi connectivity index (χ1) is 7.41. The Balaban J connectivity index is 2.18. The van der Waals surface area contributed by atoms with Gasteiger partial charge in [-0.2, -0.15) is 0 Å². The molecule has 1 amide bonds. The molecule has 1 fully saturated rings. The number of carbonyl (C=O) groups excluding carboxylic acids is 1. The highest BCUT2D eigenvalue weighted by molar-refractivity contribution is 7.91. The van der Waals surface area contributed by atoms with Gasteiger partial charge in [0.1, 0.15) is 0 Å². The lowest BCUT2D eigenvalue weighted by atomic mass is 10.2. The minimum absolute atomic E-state index is 0.00161. The summed E-state index contributed by atoms with van der Waals surface area (Å²) in [5.41, 5.74) is 0. The van der Waals surface area contributed by atoms with E-state index in [4.69, 9.17) is 0 Å². The molecule has 0 radical (unpaired) electrons. The maximum absolute atomic E-state index is 11.3. The molecule has 0 aromatic carbocycles. The summed E-state index contributed by atoms with van der Waals surface area (Å²) in [6.45, 7) is 6.19. The topological polar surface area (TPSA) is 66.5 Å². The van der Waals surface area contributed by atoms with E-state index in [1.807, 2.05) is 13.8 Å². The summed E-state index contributed by atoms with van der Waals surface area (Å²) in [4.78, 5) is 13.3. The fraction of sp³-hybridized carbons (Fsp3) is 0.900. The van der Waals surface area contributed by atoms with Crippen molar-refractivity contribution in [2.45, 2.75) is 13.8 Å². The lowest BCUT2D eigenvalue weighted by molar-refractivity contribution is -0.124. The Bertz CT molecular complexity index is 324. The van der Waals surface area contributed by atoms with Gasteiger partial charge in [0.2, 0.25) is 5.91 Å². The van der Waals surface area contributed by atoms with E-state index in [1.165, 1.54) is 0 Å². The fourth-order valence-electron chi connectivity index (χ4n) is 1.52. The average Bonchev–Trinajstić information content (AvgIpc) is 2.20. The zero-order valence-electron chi connectivity index (χ0n) is 9.90. The summed E-state index contributed by atoms with van der Waals surface area (Å²) < 4.78 is 22.3. The molecule has 6 heteroatoms. The molecule has 1 saturated heterocycles. The van der Waals surface area contributed by atoms with Gasteiger partial charge in [-0.1, -0.05) is 13.8 Å². The largest absolute Gasteiger partial charge is 0.355 e. The fourth-order valence-corrected chi connectivity index (χ4v) is 2.79. The number of hydrogen-bond acceptors (Lipinski definition) is 4. The second-order valence-corrected chi connectivity index (χ2v) is 6.74. The van der Waals surface area contributed by atoms with Crippen molar-refractivity contribution in [3.8, 4) is 0 Å². The first-order valence-electron chi connectivity index (χ1n) is 5.61. The second kappa shape index (κ2) is 5.63. The van der Waals surface area contributed by atoms with Gasteiger partial charge in [-0.3, -0.25) is 9.69 Å². The molecule has 0 spiro atoms. The van der Waals surface area contributed by atoms with E-state index in [9.17, 15) is 13.2 Å². The summed E-state index contributed by atoms with van der Waals surface area (Å²) >= 11 is 0. The standard InChI is InChI=1S/C10H20N2O3S/c1-9(2)10(13)11-3-4-12-5-7-16(14,15)8-6-12/h9H,3-8H2,1-2H3,(H,11,13). The lowest BCUT2D eigenvalue weighted by Crippen LogP contribution is -2.44. The minimum atomic E-state index is -2.80. The zero-order chi connectivity index (χ0) is 12.2. The van der Waals surface area contributed by atoms with Crippen molar-refractivity contribution in [2.24, 2.45) is 5.92 Å². The molecule has 0 saturated carbocycles. The molecule has 1 heterocycles. The van der Waals surface area contributed by atoms with Crippen LogP contribution in [0.15, 0.2) is 0 Å². The van der Waals surface area contributed by atoms with Crippen LogP contribution >= 0.6 is 0 Å². The highest BCUT2D eigenvalue weighted by atomic mass is 32.2. The molecule has 1 rings (SSSR count). The number of hydrogen-bond donors (Lipinski definition) is 1. The monoisotopic (exact) mass is 248 g/mol. The Morgan fingerprint density at radius 1 is 1.31 bits per heavy atom. The summed E-state index contributed by atoms with van der Waals surface area (Å²) in [7, 11) is -2.80. The first kappa shape index (κ1) is 13.4. The van der Waals surface area contributed by atoms with Gasteiger partial charge in [0.05, 0.1) is 11.5 Å². The molecule has 0 aromatic rings. The Hall–Kier alpha value is -0.620. The van der Waals surface area contributed by atoms with Gasteiger partial charge in [0, 0.05) is 32.1 Å². The summed E-state index contributed by atoms with van der Waals surface area (Å²) in [6, 6.07) is 0. The van der Waals surface area contributed by atoms with E-state index in [0.717, 1.165) is 6.54 Å². The van der Waals surface area contributed by atoms with E-state index in [2.05, 4.69) is 10.2 Å². The molecule has 1 N–H and O–H groups in total. The Labute approximate surface area is 97.1 Å². The lowest BCUT2D eigenvalue weighted by Gasteiger charge is -2.26. The minimum Gasteiger partial charge on any atom is -0.355 e. The predicted octanol–water partition coefficient (Wildman–Crippen LogP) is -0.511. The number of rotatable bonds is 4.